The number of carbonyl (C=O) groups is 2. The Labute approximate surface area is 418 Å². The molecule has 14 nitrogen and oxygen atoms in total. The number of allylic oxidation sites excluding steroid dienone is 1. The Morgan fingerprint density at radius 3 is 2.26 bits per heavy atom. The number of aliphatic hydroxyl groups is 2. The fourth-order valence-corrected chi connectivity index (χ4v) is 11.6. The van der Waals surface area contributed by atoms with Crippen molar-refractivity contribution in [3.05, 3.63) is 112 Å². The minimum atomic E-state index is -1.27. The number of carbonyl (C=O) groups excluding carboxylic acids is 2. The van der Waals surface area contributed by atoms with E-state index in [2.05, 4.69) is 30.2 Å². The number of nitrogens with zero attached hydrogens (tertiary/aromatic N) is 2. The summed E-state index contributed by atoms with van der Waals surface area (Å²) in [5, 5.41) is 41.6. The first-order chi connectivity index (χ1) is 34.1. The van der Waals surface area contributed by atoms with Crippen LogP contribution in [0.4, 0.5) is 16.2 Å². The molecule has 0 bridgehead atoms. The van der Waals surface area contributed by atoms with Gasteiger partial charge in [0.25, 0.3) is 5.69 Å². The lowest BCUT2D eigenvalue weighted by atomic mass is 9.56. The highest BCUT2D eigenvalue weighted by molar-refractivity contribution is 8.00. The van der Waals surface area contributed by atoms with E-state index < -0.39 is 28.0 Å². The molecule has 2 aliphatic carbocycles. The average molecular weight is 983 g/mol. The van der Waals surface area contributed by atoms with Crippen LogP contribution in [0, 0.1) is 27.9 Å². The van der Waals surface area contributed by atoms with Crippen LogP contribution in [0.1, 0.15) is 140 Å². The van der Waals surface area contributed by atoms with Crippen LogP contribution in [0.3, 0.4) is 0 Å². The third kappa shape index (κ3) is 14.9. The molecule has 0 aromatic heterocycles. The first-order valence-corrected chi connectivity index (χ1v) is 26.4. The van der Waals surface area contributed by atoms with Crippen LogP contribution in [0.15, 0.2) is 101 Å². The maximum atomic E-state index is 13.3. The first-order valence-electron chi connectivity index (χ1n) is 25.5. The van der Waals surface area contributed by atoms with Gasteiger partial charge in [-0.25, -0.2) is 4.79 Å². The summed E-state index contributed by atoms with van der Waals surface area (Å²) in [5.74, 6) is -1.05. The van der Waals surface area contributed by atoms with Gasteiger partial charge in [-0.15, -0.1) is 18.3 Å². The number of fused-ring (bicyclic) bond motifs is 2. The number of amides is 2. The summed E-state index contributed by atoms with van der Waals surface area (Å²) in [6.45, 7) is 8.67. The van der Waals surface area contributed by atoms with Gasteiger partial charge < -0.3 is 39.9 Å². The molecular weight excluding hydrogens is 909 g/mol. The number of oxime groups is 1. The smallest absolute Gasteiger partial charge is 0.412 e. The number of nitrogens with one attached hydrogen (secondary N) is 2. The van der Waals surface area contributed by atoms with E-state index >= 15 is 0 Å². The number of benzene rings is 3. The zero-order valence-electron chi connectivity index (χ0n) is 41.1. The summed E-state index contributed by atoms with van der Waals surface area (Å²) in [4.78, 5) is 43.2. The van der Waals surface area contributed by atoms with Gasteiger partial charge in [0.15, 0.2) is 0 Å². The molecule has 1 saturated carbocycles. The van der Waals surface area contributed by atoms with Crippen molar-refractivity contribution in [3.63, 3.8) is 0 Å². The highest BCUT2D eigenvalue weighted by atomic mass is 32.2. The van der Waals surface area contributed by atoms with Crippen molar-refractivity contribution >= 4 is 40.8 Å². The lowest BCUT2D eigenvalue weighted by Crippen LogP contribution is -2.64. The summed E-state index contributed by atoms with van der Waals surface area (Å²) in [6.07, 6.45) is 20.3. The van der Waals surface area contributed by atoms with E-state index in [1.54, 1.807) is 36.0 Å². The summed E-state index contributed by atoms with van der Waals surface area (Å²) in [7, 11) is 0. The van der Waals surface area contributed by atoms with Crippen molar-refractivity contribution in [1.29, 1.82) is 0 Å². The van der Waals surface area contributed by atoms with Crippen molar-refractivity contribution in [2.45, 2.75) is 151 Å². The van der Waals surface area contributed by atoms with Gasteiger partial charge in [0.2, 0.25) is 11.7 Å². The fraction of sp³-hybridized carbons (Fsp3) is 0.545. The van der Waals surface area contributed by atoms with Crippen LogP contribution in [0.2, 0.25) is 0 Å². The molecule has 4 N–H and O–H groups in total. The normalized spacial score (nSPS) is 21.7. The molecule has 70 heavy (non-hydrogen) atoms. The number of nitro groups is 1. The average Bonchev–Trinajstić information content (AvgIpc) is 3.35. The van der Waals surface area contributed by atoms with Crippen LogP contribution in [-0.4, -0.2) is 70.3 Å². The Morgan fingerprint density at radius 1 is 0.914 bits per heavy atom. The summed E-state index contributed by atoms with van der Waals surface area (Å²) >= 11 is 1.59. The number of thioether (sulfide) groups is 1. The number of aliphatic hydroxyl groups excluding tert-OH is 2. The number of nitro benzene ring substituents is 1. The second kappa shape index (κ2) is 28.0. The molecule has 6 atom stereocenters. The lowest BCUT2D eigenvalue weighted by Gasteiger charge is -2.58. The third-order valence-corrected chi connectivity index (χ3v) is 15.0. The Hall–Kier alpha value is -5.22. The first kappa shape index (κ1) is 54.1. The molecule has 1 heterocycles. The second-order valence-electron chi connectivity index (χ2n) is 18.8. The maximum absolute atomic E-state index is 13.3. The standard InChI is InChI=1S/C55H74N4O10S/c1-4-6-7-8-9-10-11-12-13-16-31-56-54(63)68-44-27-30-50-48(36-44)52-46(20-15-18-33-61)41(19-14-17-32-60)35-47-49(58-67-38-40-21-25-43(26-22-40)59(64)65)37-51(55(69-50,53(47)52)66-34-5-2)70-45-28-23-42(24-29-45)57-39(3)62/h5,21-30,35-36,41,46,51-53,60-61H,2,4,6-20,31-34,37-38H2,1,3H3,(H,56,63)(H,57,62)/t41-,46+,51-,52+,53+,55+/m0/s1. The Bertz CT molecular complexity index is 2220. The molecule has 380 valence electrons. The predicted molar refractivity (Wildman–Crippen MR) is 275 cm³/mol. The van der Waals surface area contributed by atoms with Crippen molar-refractivity contribution in [3.8, 4) is 11.5 Å². The molecule has 15 heteroatoms. The molecule has 0 saturated heterocycles. The van der Waals surface area contributed by atoms with Crippen LogP contribution in [0.5, 0.6) is 11.5 Å². The van der Waals surface area contributed by atoms with Gasteiger partial charge in [0.1, 0.15) is 18.1 Å². The van der Waals surface area contributed by atoms with E-state index in [-0.39, 0.29) is 55.8 Å². The highest BCUT2D eigenvalue weighted by Crippen LogP contribution is 2.63. The van der Waals surface area contributed by atoms with Crippen molar-refractivity contribution in [2.75, 3.05) is 31.7 Å². The lowest BCUT2D eigenvalue weighted by molar-refractivity contribution is -0.384. The van der Waals surface area contributed by atoms with E-state index in [1.807, 2.05) is 36.4 Å². The number of rotatable bonds is 30. The zero-order valence-corrected chi connectivity index (χ0v) is 41.9. The minimum absolute atomic E-state index is 0.0153. The number of hydrogen-bond donors (Lipinski definition) is 4. The Morgan fingerprint density at radius 2 is 1.60 bits per heavy atom. The molecule has 0 spiro atoms. The topological polar surface area (TPSA) is 191 Å². The van der Waals surface area contributed by atoms with Crippen LogP contribution < -0.4 is 20.1 Å². The van der Waals surface area contributed by atoms with E-state index in [9.17, 15) is 29.9 Å². The quantitative estimate of drug-likeness (QED) is 0.0215. The number of hydrogen-bond acceptors (Lipinski definition) is 12. The second-order valence-corrected chi connectivity index (χ2v) is 20.0. The molecule has 3 aliphatic rings. The molecule has 1 fully saturated rings. The SMILES string of the molecule is C=CCO[C@@]12Oc3ccc(OC(=O)NCCCCCCCCCCCC)cc3[C@H]3[C@H](CCCCO)[C@@H](CCCCO)C=C(C(=NOCc4ccc([N+](=O)[O-])cc4)C[C@@H]1Sc1ccc(NC(C)=O)cc1)[C@H]32. The van der Waals surface area contributed by atoms with E-state index in [1.165, 1.54) is 64.0 Å². The molecule has 3 aromatic rings. The van der Waals surface area contributed by atoms with Gasteiger partial charge in [-0.05, 0) is 110 Å². The monoisotopic (exact) mass is 983 g/mol. The van der Waals surface area contributed by atoms with Gasteiger partial charge in [-0.1, -0.05) is 94.9 Å². The van der Waals surface area contributed by atoms with E-state index in [4.69, 9.17) is 24.2 Å². The highest BCUT2D eigenvalue weighted by Gasteiger charge is 2.64. The molecular formula is C55H74N4O10S. The van der Waals surface area contributed by atoms with Crippen LogP contribution in [0.25, 0.3) is 0 Å². The fourth-order valence-electron chi connectivity index (χ4n) is 10.3. The van der Waals surface area contributed by atoms with Gasteiger partial charge >= 0.3 is 6.09 Å². The van der Waals surface area contributed by atoms with E-state index in [0.29, 0.717) is 48.7 Å². The number of non-ortho nitro benzene ring substituents is 1. The number of anilines is 1. The van der Waals surface area contributed by atoms with Crippen molar-refractivity contribution in [2.24, 2.45) is 22.9 Å². The largest absolute Gasteiger partial charge is 0.460 e. The molecule has 2 amide bonds. The van der Waals surface area contributed by atoms with Crippen molar-refractivity contribution in [1.82, 2.24) is 5.32 Å². The van der Waals surface area contributed by atoms with Gasteiger partial charge in [0.05, 0.1) is 28.4 Å². The van der Waals surface area contributed by atoms with Crippen LogP contribution >= 0.6 is 11.8 Å². The predicted octanol–water partition coefficient (Wildman–Crippen LogP) is 12.2. The van der Waals surface area contributed by atoms with Gasteiger partial charge in [-0.2, -0.15) is 0 Å². The molecule has 1 aliphatic heterocycles. The van der Waals surface area contributed by atoms with E-state index in [0.717, 1.165) is 66.5 Å². The number of ether oxygens (including phenoxy) is 3. The Balaban J connectivity index is 1.36. The number of unbranched alkanes of at least 4 members (excludes halogenated alkanes) is 11. The molecule has 6 rings (SSSR count). The maximum Gasteiger partial charge on any atom is 0.412 e. The van der Waals surface area contributed by atoms with Gasteiger partial charge in [0, 0.05) is 67.3 Å². The summed E-state index contributed by atoms with van der Waals surface area (Å²) in [5.41, 5.74) is 3.90. The van der Waals surface area contributed by atoms with Gasteiger partial charge in [-0.3, -0.25) is 14.9 Å². The van der Waals surface area contributed by atoms with Crippen LogP contribution in [-0.2, 0) is 21.0 Å². The third-order valence-electron chi connectivity index (χ3n) is 13.6. The Kier molecular flexibility index (Phi) is 21.6. The molecule has 0 unspecified atom stereocenters. The zero-order chi connectivity index (χ0) is 49.7. The minimum Gasteiger partial charge on any atom is -0.460 e. The molecule has 3 aromatic carbocycles. The summed E-state index contributed by atoms with van der Waals surface area (Å²) < 4.78 is 20.4. The summed E-state index contributed by atoms with van der Waals surface area (Å²) in [6, 6.07) is 19.4. The van der Waals surface area contributed by atoms with Crippen molar-refractivity contribution < 1.29 is 43.8 Å². The molecule has 0 radical (unpaired) electrons.